The van der Waals surface area contributed by atoms with E-state index in [1.54, 1.807) is 0 Å². The van der Waals surface area contributed by atoms with Crippen LogP contribution in [0.15, 0.2) is 48.5 Å². The number of carbonyl (C=O) groups is 2. The molecule has 0 unspecified atom stereocenters. The number of piperidine rings is 2. The molecule has 2 atom stereocenters. The molecule has 2 N–H and O–H groups in total. The molecule has 2 fully saturated rings. The fourth-order valence-corrected chi connectivity index (χ4v) is 7.71. The molecule has 0 aliphatic carbocycles. The van der Waals surface area contributed by atoms with Crippen molar-refractivity contribution in [2.75, 3.05) is 32.7 Å². The van der Waals surface area contributed by atoms with Crippen LogP contribution in [0, 0.1) is 5.92 Å². The van der Waals surface area contributed by atoms with Gasteiger partial charge < -0.3 is 20.4 Å². The van der Waals surface area contributed by atoms with Gasteiger partial charge in [-0.05, 0) is 93.8 Å². The molecule has 2 aromatic carbocycles. The van der Waals surface area contributed by atoms with Gasteiger partial charge in [-0.2, -0.15) is 0 Å². The third kappa shape index (κ3) is 9.31. The molecule has 3 heterocycles. The monoisotopic (exact) mass is 635 g/mol. The second kappa shape index (κ2) is 15.9. The maximum Gasteiger partial charge on any atom is 0.245 e. The molecule has 0 radical (unpaired) electrons. The van der Waals surface area contributed by atoms with E-state index in [0.29, 0.717) is 41.9 Å². The number of fused-ring (bicyclic) bond motifs is 1. The van der Waals surface area contributed by atoms with Crippen molar-refractivity contribution in [2.24, 2.45) is 5.92 Å². The average molecular weight is 636 g/mol. The van der Waals surface area contributed by atoms with E-state index in [1.807, 2.05) is 29.2 Å². The van der Waals surface area contributed by atoms with Crippen LogP contribution in [-0.4, -0.2) is 89.4 Å². The topological polar surface area (TPSA) is 67.9 Å². The molecular weight excluding hydrogens is 582 g/mol. The Morgan fingerprint density at radius 1 is 0.911 bits per heavy atom. The highest BCUT2D eigenvalue weighted by Crippen LogP contribution is 2.27. The maximum atomic E-state index is 14.1. The van der Waals surface area contributed by atoms with Crippen molar-refractivity contribution in [1.29, 1.82) is 0 Å². The Morgan fingerprint density at radius 3 is 2.16 bits per heavy atom. The van der Waals surface area contributed by atoms with E-state index in [4.69, 9.17) is 11.6 Å². The van der Waals surface area contributed by atoms with Crippen LogP contribution in [0.5, 0.6) is 0 Å². The van der Waals surface area contributed by atoms with Crippen molar-refractivity contribution in [2.45, 2.75) is 109 Å². The molecule has 0 spiro atoms. The summed E-state index contributed by atoms with van der Waals surface area (Å²) in [5.74, 6) is 0.558. The van der Waals surface area contributed by atoms with Gasteiger partial charge >= 0.3 is 0 Å². The van der Waals surface area contributed by atoms with E-state index in [2.05, 4.69) is 72.4 Å². The number of likely N-dealkylation sites (tertiary alicyclic amines) is 2. The number of nitrogens with zero attached hydrogens (tertiary/aromatic N) is 3. The number of benzene rings is 2. The van der Waals surface area contributed by atoms with Crippen molar-refractivity contribution in [3.8, 4) is 0 Å². The molecule has 246 valence electrons. The smallest absolute Gasteiger partial charge is 0.245 e. The van der Waals surface area contributed by atoms with Crippen LogP contribution in [0.3, 0.4) is 0 Å². The van der Waals surface area contributed by atoms with Crippen LogP contribution in [0.4, 0.5) is 0 Å². The Balaban J connectivity index is 1.21. The number of rotatable bonds is 11. The fraction of sp³-hybridized carbons (Fsp3) is 0.622. The first-order valence-corrected chi connectivity index (χ1v) is 17.7. The third-order valence-electron chi connectivity index (χ3n) is 10.1. The van der Waals surface area contributed by atoms with Gasteiger partial charge in [-0.3, -0.25) is 14.5 Å². The molecule has 0 aromatic heterocycles. The number of hydrogen-bond donors (Lipinski definition) is 2. The Labute approximate surface area is 276 Å². The van der Waals surface area contributed by atoms with E-state index >= 15 is 0 Å². The molecule has 2 saturated heterocycles. The minimum atomic E-state index is -0.599. The first-order valence-electron chi connectivity index (χ1n) is 17.3. The summed E-state index contributed by atoms with van der Waals surface area (Å²) in [5, 5.41) is 7.33. The Bertz CT molecular complexity index is 1250. The number of hydrogen-bond acceptors (Lipinski definition) is 5. The third-order valence-corrected chi connectivity index (χ3v) is 10.4. The maximum absolute atomic E-state index is 14.1. The number of amides is 2. The number of carbonyl (C=O) groups excluding carboxylic acids is 2. The molecule has 3 aliphatic rings. The largest absolute Gasteiger partial charge is 0.344 e. The molecule has 45 heavy (non-hydrogen) atoms. The molecule has 5 rings (SSSR count). The lowest BCUT2D eigenvalue weighted by atomic mass is 9.93. The van der Waals surface area contributed by atoms with Crippen molar-refractivity contribution < 1.29 is 9.59 Å². The van der Waals surface area contributed by atoms with Crippen molar-refractivity contribution in [3.63, 3.8) is 0 Å². The highest BCUT2D eigenvalue weighted by molar-refractivity contribution is 6.30. The summed E-state index contributed by atoms with van der Waals surface area (Å²) in [6.45, 7) is 14.9. The van der Waals surface area contributed by atoms with E-state index in [9.17, 15) is 9.59 Å². The van der Waals surface area contributed by atoms with Gasteiger partial charge in [-0.15, -0.1) is 0 Å². The predicted molar refractivity (Wildman–Crippen MR) is 183 cm³/mol. The van der Waals surface area contributed by atoms with Crippen LogP contribution in [-0.2, 0) is 29.0 Å². The molecule has 0 bridgehead atoms. The quantitative estimate of drug-likeness (QED) is 0.351. The summed E-state index contributed by atoms with van der Waals surface area (Å²) in [6, 6.07) is 17.2. The summed E-state index contributed by atoms with van der Waals surface area (Å²) < 4.78 is 0. The van der Waals surface area contributed by atoms with E-state index in [-0.39, 0.29) is 17.9 Å². The molecule has 3 aliphatic heterocycles. The number of nitrogens with one attached hydrogen (secondary N) is 2. The molecule has 8 heteroatoms. The van der Waals surface area contributed by atoms with Gasteiger partial charge in [0.15, 0.2) is 0 Å². The Hall–Kier alpha value is -2.45. The van der Waals surface area contributed by atoms with Gasteiger partial charge in [-0.1, -0.05) is 61.8 Å². The van der Waals surface area contributed by atoms with Crippen LogP contribution in [0.25, 0.3) is 0 Å². The minimum absolute atomic E-state index is 0.0272. The van der Waals surface area contributed by atoms with Gasteiger partial charge in [0.2, 0.25) is 11.8 Å². The van der Waals surface area contributed by atoms with Crippen molar-refractivity contribution in [1.82, 2.24) is 25.3 Å². The van der Waals surface area contributed by atoms with Crippen LogP contribution in [0.2, 0.25) is 5.02 Å². The zero-order valence-corrected chi connectivity index (χ0v) is 28.6. The lowest BCUT2D eigenvalue weighted by Crippen LogP contribution is -2.57. The first-order chi connectivity index (χ1) is 21.7. The van der Waals surface area contributed by atoms with E-state index in [0.717, 1.165) is 51.0 Å². The summed E-state index contributed by atoms with van der Waals surface area (Å²) >= 11 is 6.15. The summed E-state index contributed by atoms with van der Waals surface area (Å²) in [6.07, 6.45) is 6.03. The highest BCUT2D eigenvalue weighted by Gasteiger charge is 2.35. The van der Waals surface area contributed by atoms with Gasteiger partial charge in [0.25, 0.3) is 0 Å². The van der Waals surface area contributed by atoms with Crippen molar-refractivity contribution in [3.05, 3.63) is 70.2 Å². The Morgan fingerprint density at radius 2 is 1.53 bits per heavy atom. The molecule has 2 amide bonds. The van der Waals surface area contributed by atoms with Crippen LogP contribution < -0.4 is 10.6 Å². The summed E-state index contributed by atoms with van der Waals surface area (Å²) in [7, 11) is 0. The van der Waals surface area contributed by atoms with Gasteiger partial charge in [0, 0.05) is 68.2 Å². The molecule has 2 aromatic rings. The van der Waals surface area contributed by atoms with E-state index in [1.165, 1.54) is 37.1 Å². The number of halogens is 1. The van der Waals surface area contributed by atoms with Gasteiger partial charge in [0.1, 0.15) is 6.04 Å². The normalized spacial score (nSPS) is 20.9. The van der Waals surface area contributed by atoms with Crippen molar-refractivity contribution >= 4 is 23.4 Å². The SMILES string of the molecule is CC(C)CN(C1CCN(C(=O)[C@@H](Cc2ccc(Cl)cc2)NC(=O)C[C@@H]2Cc3ccccc3CN2)CC1)C1CCN(C(C)C)CC1. The second-order valence-electron chi connectivity index (χ2n) is 14.2. The molecular formula is C37H54ClN5O2. The standard InChI is InChI=1S/C37H54ClN5O2/c1-26(2)25-43(33-13-17-41(18-14-33)27(3)4)34-15-19-42(20-16-34)37(45)35(21-28-9-11-31(38)12-10-28)40-36(44)23-32-22-29-7-5-6-8-30(29)24-39-32/h5-12,26-27,32-35,39H,13-25H2,1-4H3,(H,40,44)/t32-,35+/m0/s1. The first kappa shape index (κ1) is 33.9. The fourth-order valence-electron chi connectivity index (χ4n) is 7.59. The highest BCUT2D eigenvalue weighted by atomic mass is 35.5. The van der Waals surface area contributed by atoms with Crippen LogP contribution >= 0.6 is 11.6 Å². The molecule has 0 saturated carbocycles. The zero-order valence-electron chi connectivity index (χ0n) is 27.8. The van der Waals surface area contributed by atoms with E-state index < -0.39 is 6.04 Å². The predicted octanol–water partition coefficient (Wildman–Crippen LogP) is 5.29. The van der Waals surface area contributed by atoms with Crippen LogP contribution in [0.1, 0.15) is 76.5 Å². The lowest BCUT2D eigenvalue weighted by Gasteiger charge is -2.46. The average Bonchev–Trinajstić information content (AvgIpc) is 3.04. The lowest BCUT2D eigenvalue weighted by molar-refractivity contribution is -0.138. The zero-order chi connectivity index (χ0) is 31.9. The summed E-state index contributed by atoms with van der Waals surface area (Å²) in [5.41, 5.74) is 3.58. The summed E-state index contributed by atoms with van der Waals surface area (Å²) in [4.78, 5) is 34.8. The van der Waals surface area contributed by atoms with Gasteiger partial charge in [0.05, 0.1) is 0 Å². The molecule has 7 nitrogen and oxygen atoms in total. The minimum Gasteiger partial charge on any atom is -0.344 e. The second-order valence-corrected chi connectivity index (χ2v) is 14.6. The van der Waals surface area contributed by atoms with Gasteiger partial charge in [-0.25, -0.2) is 0 Å². The Kier molecular flexibility index (Phi) is 12.0.